The Bertz CT molecular complexity index is 457. The van der Waals surface area contributed by atoms with Crippen LogP contribution in [0.2, 0.25) is 0 Å². The lowest BCUT2D eigenvalue weighted by atomic mass is 9.95. The summed E-state index contributed by atoms with van der Waals surface area (Å²) in [6, 6.07) is 5.90. The molecule has 0 aliphatic heterocycles. The van der Waals surface area contributed by atoms with E-state index in [2.05, 4.69) is 0 Å². The third kappa shape index (κ3) is 0.977. The highest BCUT2D eigenvalue weighted by atomic mass is 16.4. The number of hydrogen-bond acceptors (Lipinski definition) is 4. The Morgan fingerprint density at radius 2 is 1.53 bits per heavy atom. The maximum absolute atomic E-state index is 11.6. The van der Waals surface area contributed by atoms with E-state index >= 15 is 0 Å². The monoisotopic (exact) mass is 205 g/mol. The standard InChI is InChI=1S/C10H7NO4/c11-10(9(14)15)7(12)5-3-1-2-4-6(5)8(10)13/h1-4H,11H2,(H,14,15). The normalized spacial score (nSPS) is 17.7. The number of nitrogens with two attached hydrogens (primary N) is 1. The average molecular weight is 205 g/mol. The van der Waals surface area contributed by atoms with Crippen LogP contribution in [0.1, 0.15) is 20.7 Å². The molecule has 5 nitrogen and oxygen atoms in total. The first kappa shape index (κ1) is 9.54. The summed E-state index contributed by atoms with van der Waals surface area (Å²) < 4.78 is 0. The molecular weight excluding hydrogens is 198 g/mol. The van der Waals surface area contributed by atoms with Crippen LogP contribution in [0.25, 0.3) is 0 Å². The zero-order valence-electron chi connectivity index (χ0n) is 7.56. The molecule has 1 aromatic carbocycles. The fraction of sp³-hybridized carbons (Fsp3) is 0.100. The highest BCUT2D eigenvalue weighted by molar-refractivity contribution is 6.42. The summed E-state index contributed by atoms with van der Waals surface area (Å²) in [6.07, 6.45) is 0. The first-order chi connectivity index (χ1) is 6.99. The summed E-state index contributed by atoms with van der Waals surface area (Å²) >= 11 is 0. The summed E-state index contributed by atoms with van der Waals surface area (Å²) in [4.78, 5) is 34.1. The second-order valence-corrected chi connectivity index (χ2v) is 3.32. The van der Waals surface area contributed by atoms with Gasteiger partial charge in [0.1, 0.15) is 0 Å². The fourth-order valence-electron chi connectivity index (χ4n) is 1.60. The van der Waals surface area contributed by atoms with Gasteiger partial charge in [-0.1, -0.05) is 24.3 Å². The maximum atomic E-state index is 11.6. The quantitative estimate of drug-likeness (QED) is 0.621. The Labute approximate surface area is 84.5 Å². The molecule has 1 aliphatic rings. The van der Waals surface area contributed by atoms with Crippen molar-refractivity contribution in [2.45, 2.75) is 5.54 Å². The van der Waals surface area contributed by atoms with Gasteiger partial charge in [0, 0.05) is 11.1 Å². The van der Waals surface area contributed by atoms with Crippen molar-refractivity contribution in [3.63, 3.8) is 0 Å². The molecule has 0 amide bonds. The van der Waals surface area contributed by atoms with Gasteiger partial charge in [0.15, 0.2) is 0 Å². The molecule has 3 N–H and O–H groups in total. The van der Waals surface area contributed by atoms with Crippen molar-refractivity contribution in [2.75, 3.05) is 0 Å². The zero-order chi connectivity index (χ0) is 11.2. The van der Waals surface area contributed by atoms with E-state index < -0.39 is 23.1 Å². The van der Waals surface area contributed by atoms with E-state index in [1.165, 1.54) is 12.1 Å². The summed E-state index contributed by atoms with van der Waals surface area (Å²) in [5, 5.41) is 8.82. The Morgan fingerprint density at radius 3 is 1.87 bits per heavy atom. The summed E-state index contributed by atoms with van der Waals surface area (Å²) in [6.45, 7) is 0. The van der Waals surface area contributed by atoms with Gasteiger partial charge in [0.25, 0.3) is 0 Å². The van der Waals surface area contributed by atoms with Crippen molar-refractivity contribution < 1.29 is 19.5 Å². The van der Waals surface area contributed by atoms with Gasteiger partial charge >= 0.3 is 5.97 Å². The van der Waals surface area contributed by atoms with Crippen LogP contribution in [0.15, 0.2) is 24.3 Å². The maximum Gasteiger partial charge on any atom is 0.340 e. The third-order valence-corrected chi connectivity index (χ3v) is 2.47. The minimum Gasteiger partial charge on any atom is -0.479 e. The van der Waals surface area contributed by atoms with Crippen LogP contribution in [0.4, 0.5) is 0 Å². The molecular formula is C10H7NO4. The van der Waals surface area contributed by atoms with Crippen molar-refractivity contribution in [1.29, 1.82) is 0 Å². The summed E-state index contributed by atoms with van der Waals surface area (Å²) in [5.41, 5.74) is 3.05. The molecule has 1 aliphatic carbocycles. The zero-order valence-corrected chi connectivity index (χ0v) is 7.56. The summed E-state index contributed by atoms with van der Waals surface area (Å²) in [7, 11) is 0. The molecule has 5 heteroatoms. The van der Waals surface area contributed by atoms with Gasteiger partial charge in [0.05, 0.1) is 0 Å². The highest BCUT2D eigenvalue weighted by Gasteiger charge is 2.56. The van der Waals surface area contributed by atoms with Gasteiger partial charge in [-0.2, -0.15) is 0 Å². The first-order valence-electron chi connectivity index (χ1n) is 4.20. The van der Waals surface area contributed by atoms with E-state index in [0.717, 1.165) is 0 Å². The number of carbonyl (C=O) groups is 3. The molecule has 0 saturated heterocycles. The van der Waals surface area contributed by atoms with Gasteiger partial charge in [-0.15, -0.1) is 0 Å². The summed E-state index contributed by atoms with van der Waals surface area (Å²) in [5.74, 6) is -3.32. The molecule has 0 radical (unpaired) electrons. The van der Waals surface area contributed by atoms with Gasteiger partial charge in [-0.3, -0.25) is 9.59 Å². The molecule has 0 bridgehead atoms. The number of hydrogen-bond donors (Lipinski definition) is 2. The Morgan fingerprint density at radius 1 is 1.13 bits per heavy atom. The largest absolute Gasteiger partial charge is 0.479 e. The molecule has 0 atom stereocenters. The SMILES string of the molecule is NC1(C(=O)O)C(=O)c2ccccc2C1=O. The molecule has 0 saturated carbocycles. The highest BCUT2D eigenvalue weighted by Crippen LogP contribution is 2.28. The Balaban J connectivity index is 2.70. The molecule has 2 rings (SSSR count). The van der Waals surface area contributed by atoms with E-state index in [0.29, 0.717) is 0 Å². The topological polar surface area (TPSA) is 97.5 Å². The van der Waals surface area contributed by atoms with Crippen LogP contribution in [0.5, 0.6) is 0 Å². The number of aliphatic carboxylic acids is 1. The average Bonchev–Trinajstić information content (AvgIpc) is 2.43. The van der Waals surface area contributed by atoms with Crippen LogP contribution in [0.3, 0.4) is 0 Å². The second-order valence-electron chi connectivity index (χ2n) is 3.32. The van der Waals surface area contributed by atoms with Crippen LogP contribution in [-0.2, 0) is 4.79 Å². The lowest BCUT2D eigenvalue weighted by molar-refractivity contribution is -0.139. The van der Waals surface area contributed by atoms with Crippen LogP contribution in [0, 0.1) is 0 Å². The third-order valence-electron chi connectivity index (χ3n) is 2.47. The number of benzene rings is 1. The van der Waals surface area contributed by atoms with E-state index in [1.807, 2.05) is 0 Å². The predicted molar refractivity (Wildman–Crippen MR) is 49.7 cm³/mol. The van der Waals surface area contributed by atoms with E-state index in [1.54, 1.807) is 12.1 Å². The molecule has 0 aromatic heterocycles. The number of carboxylic acids is 1. The minimum atomic E-state index is -2.44. The number of carbonyl (C=O) groups excluding carboxylic acids is 2. The van der Waals surface area contributed by atoms with Crippen LogP contribution in [-0.4, -0.2) is 28.2 Å². The molecule has 1 aromatic rings. The number of fused-ring (bicyclic) bond motifs is 1. The molecule has 15 heavy (non-hydrogen) atoms. The van der Waals surface area contributed by atoms with E-state index in [-0.39, 0.29) is 11.1 Å². The van der Waals surface area contributed by atoms with Crippen molar-refractivity contribution in [1.82, 2.24) is 0 Å². The van der Waals surface area contributed by atoms with Crippen molar-refractivity contribution in [2.24, 2.45) is 5.73 Å². The van der Waals surface area contributed by atoms with Crippen molar-refractivity contribution in [3.05, 3.63) is 35.4 Å². The van der Waals surface area contributed by atoms with Crippen molar-refractivity contribution >= 4 is 17.5 Å². The molecule has 0 spiro atoms. The second kappa shape index (κ2) is 2.74. The van der Waals surface area contributed by atoms with E-state index in [9.17, 15) is 14.4 Å². The molecule has 0 unspecified atom stereocenters. The Kier molecular flexibility index (Phi) is 1.74. The van der Waals surface area contributed by atoms with Gasteiger partial charge in [-0.05, 0) is 0 Å². The van der Waals surface area contributed by atoms with E-state index in [4.69, 9.17) is 10.8 Å². The number of rotatable bonds is 1. The van der Waals surface area contributed by atoms with Crippen LogP contribution >= 0.6 is 0 Å². The van der Waals surface area contributed by atoms with Gasteiger partial charge < -0.3 is 10.8 Å². The lowest BCUT2D eigenvalue weighted by Gasteiger charge is -2.13. The number of Topliss-reactive ketones (excluding diaryl/α,β-unsaturated/α-hetero) is 2. The van der Waals surface area contributed by atoms with Gasteiger partial charge in [-0.25, -0.2) is 4.79 Å². The molecule has 0 fully saturated rings. The van der Waals surface area contributed by atoms with Crippen LogP contribution < -0.4 is 5.73 Å². The minimum absolute atomic E-state index is 0.0763. The fourth-order valence-corrected chi connectivity index (χ4v) is 1.60. The molecule has 0 heterocycles. The van der Waals surface area contributed by atoms with Gasteiger partial charge in [0.2, 0.25) is 17.1 Å². The number of ketones is 2. The smallest absolute Gasteiger partial charge is 0.340 e. The lowest BCUT2D eigenvalue weighted by Crippen LogP contribution is -2.57. The first-order valence-corrected chi connectivity index (χ1v) is 4.20. The Hall–Kier alpha value is -2.01. The number of carboxylic acid groups (broad SMARTS) is 1. The van der Waals surface area contributed by atoms with Crippen molar-refractivity contribution in [3.8, 4) is 0 Å². The molecule has 76 valence electrons. The predicted octanol–water partition coefficient (Wildman–Crippen LogP) is -0.152.